The van der Waals surface area contributed by atoms with Crippen molar-refractivity contribution in [1.82, 2.24) is 10.3 Å². The Morgan fingerprint density at radius 3 is 2.70 bits per heavy atom. The lowest BCUT2D eigenvalue weighted by atomic mass is 9.78. The van der Waals surface area contributed by atoms with E-state index in [4.69, 9.17) is 0 Å². The van der Waals surface area contributed by atoms with Crippen molar-refractivity contribution in [3.05, 3.63) is 29.6 Å². The normalized spacial score (nSPS) is 22.2. The Bertz CT molecular complexity index is 502. The van der Waals surface area contributed by atoms with E-state index >= 15 is 0 Å². The Morgan fingerprint density at radius 1 is 1.35 bits per heavy atom. The van der Waals surface area contributed by atoms with Crippen LogP contribution in [0.4, 0.5) is 0 Å². The number of nitrogens with one attached hydrogen (secondary N) is 1. The number of carbonyl (C=O) groups excluding carboxylic acids is 1. The maximum absolute atomic E-state index is 12.2. The molecule has 1 aromatic rings. The highest BCUT2D eigenvalue weighted by atomic mass is 16.4. The molecule has 0 aliphatic heterocycles. The summed E-state index contributed by atoms with van der Waals surface area (Å²) in [5.74, 6) is -1.94. The lowest BCUT2D eigenvalue weighted by Gasteiger charge is -2.27. The average molecular weight is 276 g/mol. The number of nitrogens with zero attached hydrogens (tertiary/aromatic N) is 1. The second-order valence-corrected chi connectivity index (χ2v) is 5.36. The van der Waals surface area contributed by atoms with Crippen LogP contribution < -0.4 is 5.32 Å². The van der Waals surface area contributed by atoms with Crippen LogP contribution in [0.5, 0.6) is 0 Å². The van der Waals surface area contributed by atoms with E-state index in [1.807, 2.05) is 13.0 Å². The molecular formula is C15H20N2O3. The van der Waals surface area contributed by atoms with E-state index in [0.717, 1.165) is 24.0 Å². The van der Waals surface area contributed by atoms with Gasteiger partial charge >= 0.3 is 5.97 Å². The van der Waals surface area contributed by atoms with Gasteiger partial charge in [-0.05, 0) is 37.0 Å². The largest absolute Gasteiger partial charge is 0.481 e. The average Bonchev–Trinajstić information content (AvgIpc) is 2.46. The third-order valence-corrected chi connectivity index (χ3v) is 4.01. The van der Waals surface area contributed by atoms with Gasteiger partial charge in [-0.3, -0.25) is 14.6 Å². The topological polar surface area (TPSA) is 79.3 Å². The van der Waals surface area contributed by atoms with E-state index in [0.29, 0.717) is 19.4 Å². The van der Waals surface area contributed by atoms with Crippen LogP contribution in [0, 0.1) is 18.8 Å². The highest BCUT2D eigenvalue weighted by molar-refractivity contribution is 5.84. The number of amides is 1. The van der Waals surface area contributed by atoms with Gasteiger partial charge in [0, 0.05) is 18.9 Å². The third-order valence-electron chi connectivity index (χ3n) is 4.01. The predicted molar refractivity (Wildman–Crippen MR) is 73.9 cm³/mol. The number of aliphatic carboxylic acids is 1. The van der Waals surface area contributed by atoms with E-state index in [1.54, 1.807) is 12.4 Å². The number of rotatable bonds is 4. The second-order valence-electron chi connectivity index (χ2n) is 5.36. The van der Waals surface area contributed by atoms with Crippen molar-refractivity contribution in [3.63, 3.8) is 0 Å². The van der Waals surface area contributed by atoms with Gasteiger partial charge in [0.2, 0.25) is 5.91 Å². The summed E-state index contributed by atoms with van der Waals surface area (Å²) in [5, 5.41) is 12.1. The first-order chi connectivity index (χ1) is 9.59. The first-order valence-corrected chi connectivity index (χ1v) is 6.99. The summed E-state index contributed by atoms with van der Waals surface area (Å²) in [4.78, 5) is 27.4. The molecule has 2 rings (SSSR count). The van der Waals surface area contributed by atoms with Gasteiger partial charge in [0.25, 0.3) is 0 Å². The molecular weight excluding hydrogens is 256 g/mol. The van der Waals surface area contributed by atoms with Gasteiger partial charge in [0.1, 0.15) is 0 Å². The fourth-order valence-electron chi connectivity index (χ4n) is 2.75. The van der Waals surface area contributed by atoms with Gasteiger partial charge in [0.05, 0.1) is 11.8 Å². The van der Waals surface area contributed by atoms with Crippen molar-refractivity contribution in [1.29, 1.82) is 0 Å². The van der Waals surface area contributed by atoms with Crippen LogP contribution in [-0.2, 0) is 16.1 Å². The van der Waals surface area contributed by atoms with Crippen LogP contribution in [0.3, 0.4) is 0 Å². The van der Waals surface area contributed by atoms with Crippen LogP contribution in [0.1, 0.15) is 36.8 Å². The number of carboxylic acids is 1. The van der Waals surface area contributed by atoms with Crippen molar-refractivity contribution in [2.75, 3.05) is 0 Å². The zero-order valence-electron chi connectivity index (χ0n) is 11.6. The zero-order chi connectivity index (χ0) is 14.5. The minimum atomic E-state index is -0.857. The molecule has 0 spiro atoms. The summed E-state index contributed by atoms with van der Waals surface area (Å²) < 4.78 is 0. The van der Waals surface area contributed by atoms with E-state index < -0.39 is 17.8 Å². The first kappa shape index (κ1) is 14.5. The summed E-state index contributed by atoms with van der Waals surface area (Å²) in [7, 11) is 0. The van der Waals surface area contributed by atoms with Gasteiger partial charge in [-0.2, -0.15) is 0 Å². The number of hydrogen-bond acceptors (Lipinski definition) is 3. The highest BCUT2D eigenvalue weighted by Gasteiger charge is 2.35. The predicted octanol–water partition coefficient (Wildman–Crippen LogP) is 1.90. The molecule has 2 unspecified atom stereocenters. The second kappa shape index (κ2) is 6.50. The Labute approximate surface area is 118 Å². The van der Waals surface area contributed by atoms with E-state index in [1.165, 1.54) is 0 Å². The van der Waals surface area contributed by atoms with Crippen molar-refractivity contribution in [2.24, 2.45) is 11.8 Å². The van der Waals surface area contributed by atoms with Crippen LogP contribution in [0.15, 0.2) is 18.5 Å². The van der Waals surface area contributed by atoms with Crippen molar-refractivity contribution >= 4 is 11.9 Å². The fraction of sp³-hybridized carbons (Fsp3) is 0.533. The van der Waals surface area contributed by atoms with Crippen LogP contribution in [0.2, 0.25) is 0 Å². The van der Waals surface area contributed by atoms with Crippen molar-refractivity contribution in [2.45, 2.75) is 39.2 Å². The fourth-order valence-corrected chi connectivity index (χ4v) is 2.75. The molecule has 2 atom stereocenters. The Balaban J connectivity index is 1.97. The van der Waals surface area contributed by atoms with Crippen LogP contribution in [-0.4, -0.2) is 22.0 Å². The van der Waals surface area contributed by atoms with Crippen molar-refractivity contribution in [3.8, 4) is 0 Å². The number of aryl methyl sites for hydroxylation is 1. The summed E-state index contributed by atoms with van der Waals surface area (Å²) in [6.45, 7) is 2.37. The molecule has 5 nitrogen and oxygen atoms in total. The van der Waals surface area contributed by atoms with Gasteiger partial charge in [-0.1, -0.05) is 12.8 Å². The molecule has 20 heavy (non-hydrogen) atoms. The van der Waals surface area contributed by atoms with Gasteiger partial charge in [0.15, 0.2) is 0 Å². The molecule has 0 radical (unpaired) electrons. The maximum Gasteiger partial charge on any atom is 0.307 e. The summed E-state index contributed by atoms with van der Waals surface area (Å²) in [5.41, 5.74) is 2.03. The maximum atomic E-state index is 12.2. The summed E-state index contributed by atoms with van der Waals surface area (Å²) >= 11 is 0. The highest BCUT2D eigenvalue weighted by Crippen LogP contribution is 2.30. The van der Waals surface area contributed by atoms with E-state index in [-0.39, 0.29) is 5.91 Å². The number of aromatic nitrogens is 1. The Kier molecular flexibility index (Phi) is 4.71. The van der Waals surface area contributed by atoms with Crippen molar-refractivity contribution < 1.29 is 14.7 Å². The smallest absolute Gasteiger partial charge is 0.307 e. The molecule has 1 fully saturated rings. The molecule has 108 valence electrons. The summed E-state index contributed by atoms with van der Waals surface area (Å²) in [6.07, 6.45) is 6.53. The standard InChI is InChI=1S/C15H20N2O3/c1-10-8-16-7-6-11(10)9-17-14(18)12-4-2-3-5-13(12)15(19)20/h6-8,12-13H,2-5,9H2,1H3,(H,17,18)(H,19,20). The van der Waals surface area contributed by atoms with E-state index in [9.17, 15) is 14.7 Å². The van der Waals surface area contributed by atoms with E-state index in [2.05, 4.69) is 10.3 Å². The molecule has 1 heterocycles. The molecule has 1 aliphatic rings. The molecule has 0 aromatic carbocycles. The molecule has 1 aromatic heterocycles. The van der Waals surface area contributed by atoms with Crippen LogP contribution in [0.25, 0.3) is 0 Å². The first-order valence-electron chi connectivity index (χ1n) is 6.99. The Morgan fingerprint density at radius 2 is 2.05 bits per heavy atom. The van der Waals surface area contributed by atoms with Gasteiger partial charge in [-0.15, -0.1) is 0 Å². The lowest BCUT2D eigenvalue weighted by molar-refractivity contribution is -0.148. The van der Waals surface area contributed by atoms with Crippen LogP contribution >= 0.6 is 0 Å². The number of pyridine rings is 1. The molecule has 0 saturated heterocycles. The quantitative estimate of drug-likeness (QED) is 0.880. The monoisotopic (exact) mass is 276 g/mol. The molecule has 1 amide bonds. The molecule has 5 heteroatoms. The number of hydrogen-bond donors (Lipinski definition) is 2. The Hall–Kier alpha value is -1.91. The third kappa shape index (κ3) is 3.35. The molecule has 2 N–H and O–H groups in total. The van der Waals surface area contributed by atoms with Gasteiger partial charge in [-0.25, -0.2) is 0 Å². The number of carbonyl (C=O) groups is 2. The van der Waals surface area contributed by atoms with Gasteiger partial charge < -0.3 is 10.4 Å². The molecule has 0 bridgehead atoms. The summed E-state index contributed by atoms with van der Waals surface area (Å²) in [6, 6.07) is 1.87. The minimum absolute atomic E-state index is 0.145. The zero-order valence-corrected chi connectivity index (χ0v) is 11.6. The minimum Gasteiger partial charge on any atom is -0.481 e. The molecule has 1 saturated carbocycles. The number of carboxylic acid groups (broad SMARTS) is 1. The molecule has 1 aliphatic carbocycles. The SMILES string of the molecule is Cc1cnccc1CNC(=O)C1CCCCC1C(=O)O. The lowest BCUT2D eigenvalue weighted by Crippen LogP contribution is -2.39.